The fourth-order valence-electron chi connectivity index (χ4n) is 7.35. The summed E-state index contributed by atoms with van der Waals surface area (Å²) in [5.41, 5.74) is 5.30. The molecule has 0 amide bonds. The second kappa shape index (κ2) is 21.0. The molecular formula is C56H47NO9. The monoisotopic (exact) mass is 877 g/mol. The van der Waals surface area contributed by atoms with Crippen molar-refractivity contribution < 1.29 is 43.0 Å². The molecular weight excluding hydrogens is 831 g/mol. The lowest BCUT2D eigenvalue weighted by molar-refractivity contribution is -0.148. The first-order chi connectivity index (χ1) is 31.9. The molecule has 10 heteroatoms. The average molecular weight is 878 g/mol. The number of ketones is 3. The molecule has 0 aliphatic carbocycles. The van der Waals surface area contributed by atoms with Crippen molar-refractivity contribution >= 4 is 35.3 Å². The van der Waals surface area contributed by atoms with Crippen molar-refractivity contribution in [1.82, 2.24) is 4.98 Å². The van der Waals surface area contributed by atoms with E-state index in [-0.39, 0.29) is 41.9 Å². The number of carbonyl (C=O) groups is 6. The van der Waals surface area contributed by atoms with E-state index in [0.717, 1.165) is 0 Å². The van der Waals surface area contributed by atoms with E-state index in [4.69, 9.17) is 14.2 Å². The molecule has 3 unspecified atom stereocenters. The smallest absolute Gasteiger partial charge is 0.318 e. The van der Waals surface area contributed by atoms with Crippen LogP contribution >= 0.6 is 0 Å². The summed E-state index contributed by atoms with van der Waals surface area (Å²) in [6.07, 6.45) is 1.47. The Labute approximate surface area is 383 Å². The maximum Gasteiger partial charge on any atom is 0.318 e. The molecule has 10 nitrogen and oxygen atoms in total. The minimum Gasteiger partial charge on any atom is -0.460 e. The molecule has 0 saturated heterocycles. The second-order valence-corrected chi connectivity index (χ2v) is 15.9. The number of nitrogens with zero attached hydrogens (tertiary/aromatic N) is 1. The molecule has 0 aliphatic rings. The van der Waals surface area contributed by atoms with Crippen LogP contribution in [0.1, 0.15) is 120 Å². The van der Waals surface area contributed by atoms with Gasteiger partial charge in [0.25, 0.3) is 0 Å². The van der Waals surface area contributed by atoms with Crippen molar-refractivity contribution in [2.75, 3.05) is 0 Å². The molecule has 0 spiro atoms. The summed E-state index contributed by atoms with van der Waals surface area (Å²) in [6.45, 7) is 5.92. The van der Waals surface area contributed by atoms with Gasteiger partial charge < -0.3 is 14.2 Å². The van der Waals surface area contributed by atoms with E-state index < -0.39 is 35.7 Å². The van der Waals surface area contributed by atoms with E-state index in [1.165, 1.54) is 6.20 Å². The summed E-state index contributed by atoms with van der Waals surface area (Å²) in [5.74, 6) is -4.87. The zero-order valence-electron chi connectivity index (χ0n) is 36.9. The summed E-state index contributed by atoms with van der Waals surface area (Å²) in [4.78, 5) is 85.6. The van der Waals surface area contributed by atoms with Gasteiger partial charge in [-0.3, -0.25) is 33.8 Å². The van der Waals surface area contributed by atoms with Crippen molar-refractivity contribution in [3.63, 3.8) is 0 Å². The molecule has 0 aliphatic heterocycles. The van der Waals surface area contributed by atoms with E-state index >= 15 is 0 Å². The molecule has 1 heterocycles. The molecule has 0 radical (unpaired) electrons. The molecule has 0 saturated carbocycles. The number of esters is 3. The first-order valence-electron chi connectivity index (χ1n) is 21.5. The third kappa shape index (κ3) is 10.8. The number of hydrogen-bond donors (Lipinski definition) is 0. The Morgan fingerprint density at radius 1 is 0.439 bits per heavy atom. The highest BCUT2D eigenvalue weighted by Crippen LogP contribution is 2.31. The number of rotatable bonds is 17. The van der Waals surface area contributed by atoms with Crippen molar-refractivity contribution in [3.05, 3.63) is 237 Å². The Bertz CT molecular complexity index is 2910. The van der Waals surface area contributed by atoms with E-state index in [0.29, 0.717) is 61.3 Å². The quantitative estimate of drug-likeness (QED) is 0.0641. The molecule has 1 aromatic heterocycles. The third-order valence-corrected chi connectivity index (χ3v) is 11.5. The van der Waals surface area contributed by atoms with Gasteiger partial charge >= 0.3 is 17.9 Å². The highest BCUT2D eigenvalue weighted by atomic mass is 16.6. The number of ether oxygens (including phenoxy) is 3. The van der Waals surface area contributed by atoms with Gasteiger partial charge in [0.1, 0.15) is 13.2 Å². The van der Waals surface area contributed by atoms with Gasteiger partial charge in [0.2, 0.25) is 0 Å². The first kappa shape index (κ1) is 45.9. The highest BCUT2D eigenvalue weighted by molar-refractivity contribution is 6.10. The van der Waals surface area contributed by atoms with Crippen LogP contribution in [0.2, 0.25) is 0 Å². The van der Waals surface area contributed by atoms with E-state index in [2.05, 4.69) is 4.98 Å². The number of pyridine rings is 1. The van der Waals surface area contributed by atoms with E-state index in [9.17, 15) is 28.8 Å². The first-order valence-corrected chi connectivity index (χ1v) is 21.5. The number of hydrogen-bond acceptors (Lipinski definition) is 10. The predicted molar refractivity (Wildman–Crippen MR) is 248 cm³/mol. The number of aryl methyl sites for hydroxylation is 1. The molecule has 66 heavy (non-hydrogen) atoms. The highest BCUT2D eigenvalue weighted by Gasteiger charge is 2.27. The summed E-state index contributed by atoms with van der Waals surface area (Å²) in [6, 6.07) is 46.9. The van der Waals surface area contributed by atoms with Gasteiger partial charge in [-0.1, -0.05) is 146 Å². The van der Waals surface area contributed by atoms with Crippen molar-refractivity contribution in [2.45, 2.75) is 58.7 Å². The van der Waals surface area contributed by atoms with Crippen LogP contribution in [0, 0.1) is 6.92 Å². The number of aromatic nitrogens is 1. The normalized spacial score (nSPS) is 12.2. The summed E-state index contributed by atoms with van der Waals surface area (Å²) in [5, 5.41) is 0. The lowest BCUT2D eigenvalue weighted by atomic mass is 9.95. The van der Waals surface area contributed by atoms with Gasteiger partial charge in [0.05, 0.1) is 23.4 Å². The summed E-state index contributed by atoms with van der Waals surface area (Å²) >= 11 is 0. The summed E-state index contributed by atoms with van der Waals surface area (Å²) in [7, 11) is 0. The molecule has 0 N–H and O–H groups in total. The maximum absolute atomic E-state index is 14.0. The zero-order valence-corrected chi connectivity index (χ0v) is 36.9. The average Bonchev–Trinajstić information content (AvgIpc) is 3.37. The van der Waals surface area contributed by atoms with Crippen LogP contribution in [0.5, 0.6) is 5.75 Å². The largest absolute Gasteiger partial charge is 0.460 e. The van der Waals surface area contributed by atoms with Crippen molar-refractivity contribution in [1.29, 1.82) is 0 Å². The predicted octanol–water partition coefficient (Wildman–Crippen LogP) is 10.5. The van der Waals surface area contributed by atoms with Gasteiger partial charge in [0.15, 0.2) is 23.1 Å². The maximum atomic E-state index is 14.0. The van der Waals surface area contributed by atoms with Crippen molar-refractivity contribution in [2.24, 2.45) is 0 Å². The molecule has 6 aromatic carbocycles. The van der Waals surface area contributed by atoms with Gasteiger partial charge in [-0.25, -0.2) is 0 Å². The van der Waals surface area contributed by atoms with Gasteiger partial charge in [-0.15, -0.1) is 0 Å². The SMILES string of the molecule is Cc1ncc(COC(=O)C(C)c2cccc(C(=O)c3ccccc3)c2)c(COC(=O)C(C)c2cccc(C(=O)c3ccccc3)c2)c1OC(=O)C(C)c1cccc(C(=O)c2ccccc2)c1. The van der Waals surface area contributed by atoms with Crippen molar-refractivity contribution in [3.8, 4) is 5.75 Å². The van der Waals surface area contributed by atoms with Gasteiger partial charge in [-0.2, -0.15) is 0 Å². The number of benzene rings is 6. The van der Waals surface area contributed by atoms with Crippen LogP contribution in [0.3, 0.4) is 0 Å². The molecule has 0 fully saturated rings. The Kier molecular flexibility index (Phi) is 14.6. The fourth-order valence-corrected chi connectivity index (χ4v) is 7.35. The summed E-state index contributed by atoms with van der Waals surface area (Å²) < 4.78 is 17.9. The van der Waals surface area contributed by atoms with Crippen LogP contribution in [0.25, 0.3) is 0 Å². The Hall–Kier alpha value is -8.11. The standard InChI is InChI=1S/C56H47NO9/c1-35(42-23-14-26-45(29-42)50(58)39-17-8-5-9-18-39)54(61)64-33-48-32-57-38(4)53(66-56(63)37(3)44-25-16-28-47(31-44)52(60)41-21-12-7-13-22-41)49(48)34-65-55(62)36(2)43-24-15-27-46(30-43)51(59)40-19-10-6-11-20-40/h5-32,35-37H,33-34H2,1-4H3. The fraction of sp³-hybridized carbons (Fsp3) is 0.161. The Balaban J connectivity index is 1.13. The number of carbonyl (C=O) groups excluding carboxylic acids is 6. The van der Waals surface area contributed by atoms with Crippen LogP contribution in [0.15, 0.2) is 170 Å². The molecule has 330 valence electrons. The van der Waals surface area contributed by atoms with Crippen LogP contribution in [-0.2, 0) is 37.1 Å². The molecule has 3 atom stereocenters. The topological polar surface area (TPSA) is 143 Å². The zero-order chi connectivity index (χ0) is 46.7. The van der Waals surface area contributed by atoms with Gasteiger partial charge in [-0.05, 0) is 62.6 Å². The minimum absolute atomic E-state index is 0.0213. The van der Waals surface area contributed by atoms with E-state index in [1.807, 2.05) is 18.2 Å². The molecule has 7 aromatic rings. The van der Waals surface area contributed by atoms with Gasteiger partial charge in [0, 0.05) is 50.7 Å². The minimum atomic E-state index is -0.846. The lowest BCUT2D eigenvalue weighted by Gasteiger charge is -2.20. The Morgan fingerprint density at radius 2 is 0.788 bits per heavy atom. The third-order valence-electron chi connectivity index (χ3n) is 11.5. The molecule has 7 rings (SSSR count). The van der Waals surface area contributed by atoms with Crippen LogP contribution in [-0.4, -0.2) is 40.2 Å². The second-order valence-electron chi connectivity index (χ2n) is 15.9. The van der Waals surface area contributed by atoms with Crippen LogP contribution < -0.4 is 4.74 Å². The van der Waals surface area contributed by atoms with Crippen LogP contribution in [0.4, 0.5) is 0 Å². The van der Waals surface area contributed by atoms with E-state index in [1.54, 1.807) is 173 Å². The lowest BCUT2D eigenvalue weighted by Crippen LogP contribution is -2.21. The molecule has 0 bridgehead atoms. The Morgan fingerprint density at radius 3 is 1.18 bits per heavy atom.